The van der Waals surface area contributed by atoms with Gasteiger partial charge in [0.05, 0.1) is 17.2 Å². The number of carbonyl (C=O) groups is 1. The molecule has 0 atom stereocenters. The molecule has 22 heavy (non-hydrogen) atoms. The summed E-state index contributed by atoms with van der Waals surface area (Å²) in [6, 6.07) is 9.57. The highest BCUT2D eigenvalue weighted by Gasteiger charge is 2.19. The largest absolute Gasteiger partial charge is 0.383 e. The maximum Gasteiger partial charge on any atom is 0.263 e. The highest BCUT2D eigenvalue weighted by Crippen LogP contribution is 2.25. The molecule has 1 heterocycles. The summed E-state index contributed by atoms with van der Waals surface area (Å²) >= 11 is 1.17. The highest BCUT2D eigenvalue weighted by atomic mass is 32.2. The summed E-state index contributed by atoms with van der Waals surface area (Å²) in [6.45, 7) is 0.750. The van der Waals surface area contributed by atoms with E-state index in [-0.39, 0.29) is 16.5 Å². The maximum atomic E-state index is 12.3. The lowest BCUT2D eigenvalue weighted by Crippen LogP contribution is -2.27. The fraction of sp³-hybridized carbons (Fsp3) is 0.214. The monoisotopic (exact) mass is 340 g/mol. The zero-order chi connectivity index (χ0) is 16.0. The van der Waals surface area contributed by atoms with Crippen LogP contribution in [0.1, 0.15) is 9.67 Å². The van der Waals surface area contributed by atoms with E-state index in [1.165, 1.54) is 30.6 Å². The van der Waals surface area contributed by atoms with Gasteiger partial charge in [0, 0.05) is 13.7 Å². The number of hydrogen-bond acceptors (Lipinski definition) is 5. The minimum Gasteiger partial charge on any atom is -0.383 e. The van der Waals surface area contributed by atoms with Crippen LogP contribution in [-0.2, 0) is 14.8 Å². The van der Waals surface area contributed by atoms with E-state index < -0.39 is 10.0 Å². The van der Waals surface area contributed by atoms with Gasteiger partial charge < -0.3 is 10.1 Å². The van der Waals surface area contributed by atoms with Gasteiger partial charge >= 0.3 is 0 Å². The molecular weight excluding hydrogens is 324 g/mol. The minimum absolute atomic E-state index is 0.145. The summed E-state index contributed by atoms with van der Waals surface area (Å²) in [6.07, 6.45) is 0. The molecule has 118 valence electrons. The number of nitrogens with one attached hydrogen (secondary N) is 2. The second-order valence-electron chi connectivity index (χ2n) is 4.33. The van der Waals surface area contributed by atoms with Crippen molar-refractivity contribution in [1.29, 1.82) is 0 Å². The van der Waals surface area contributed by atoms with Crippen LogP contribution in [0.3, 0.4) is 0 Å². The Labute approximate surface area is 133 Å². The predicted molar refractivity (Wildman–Crippen MR) is 85.8 cm³/mol. The third kappa shape index (κ3) is 4.06. The number of thiophene rings is 1. The number of benzene rings is 1. The number of anilines is 1. The van der Waals surface area contributed by atoms with Crippen LogP contribution in [-0.4, -0.2) is 34.6 Å². The lowest BCUT2D eigenvalue weighted by Gasteiger charge is -2.09. The van der Waals surface area contributed by atoms with Crippen molar-refractivity contribution < 1.29 is 17.9 Å². The SMILES string of the molecule is COCCNC(=O)c1sccc1NS(=O)(=O)c1ccccc1. The number of hydrogen-bond donors (Lipinski definition) is 2. The molecule has 0 saturated heterocycles. The molecule has 0 unspecified atom stereocenters. The van der Waals surface area contributed by atoms with E-state index in [1.807, 2.05) is 0 Å². The Bertz CT molecular complexity index is 726. The summed E-state index contributed by atoms with van der Waals surface area (Å²) in [5, 5.41) is 4.32. The van der Waals surface area contributed by atoms with Crippen LogP contribution in [0.5, 0.6) is 0 Å². The summed E-state index contributed by atoms with van der Waals surface area (Å²) in [5.41, 5.74) is 0.267. The Morgan fingerprint density at radius 1 is 1.23 bits per heavy atom. The summed E-state index contributed by atoms with van der Waals surface area (Å²) in [7, 11) is -2.17. The van der Waals surface area contributed by atoms with Crippen molar-refractivity contribution in [2.24, 2.45) is 0 Å². The van der Waals surface area contributed by atoms with E-state index in [0.717, 1.165) is 0 Å². The molecule has 2 rings (SSSR count). The molecule has 0 aliphatic rings. The zero-order valence-corrected chi connectivity index (χ0v) is 13.5. The first-order chi connectivity index (χ1) is 10.5. The van der Waals surface area contributed by atoms with Crippen molar-refractivity contribution >= 4 is 33.0 Å². The van der Waals surface area contributed by atoms with Gasteiger partial charge in [0.15, 0.2) is 0 Å². The second-order valence-corrected chi connectivity index (χ2v) is 6.93. The Kier molecular flexibility index (Phi) is 5.53. The van der Waals surface area contributed by atoms with Crippen molar-refractivity contribution in [2.75, 3.05) is 25.0 Å². The topological polar surface area (TPSA) is 84.5 Å². The van der Waals surface area contributed by atoms with Crippen molar-refractivity contribution in [3.8, 4) is 0 Å². The van der Waals surface area contributed by atoms with Crippen molar-refractivity contribution in [3.05, 3.63) is 46.7 Å². The minimum atomic E-state index is -3.71. The number of ether oxygens (including phenoxy) is 1. The van der Waals surface area contributed by atoms with Crippen LogP contribution in [0, 0.1) is 0 Å². The fourth-order valence-corrected chi connectivity index (χ4v) is 3.64. The number of amides is 1. The molecule has 2 N–H and O–H groups in total. The molecule has 8 heteroatoms. The molecular formula is C14H16N2O4S2. The molecule has 0 bridgehead atoms. The Hall–Kier alpha value is -1.90. The summed E-state index contributed by atoms with van der Waals surface area (Å²) < 4.78 is 31.9. The molecule has 0 saturated carbocycles. The van der Waals surface area contributed by atoms with Crippen molar-refractivity contribution in [1.82, 2.24) is 5.32 Å². The van der Waals surface area contributed by atoms with Gasteiger partial charge in [-0.25, -0.2) is 8.42 Å². The molecule has 1 aromatic heterocycles. The Morgan fingerprint density at radius 2 is 1.95 bits per heavy atom. The predicted octanol–water partition coefficient (Wildman–Crippen LogP) is 1.93. The zero-order valence-electron chi connectivity index (χ0n) is 11.9. The average molecular weight is 340 g/mol. The first-order valence-electron chi connectivity index (χ1n) is 6.47. The average Bonchev–Trinajstić information content (AvgIpc) is 2.96. The van der Waals surface area contributed by atoms with E-state index in [1.54, 1.807) is 29.6 Å². The number of methoxy groups -OCH3 is 1. The van der Waals surface area contributed by atoms with Crippen LogP contribution >= 0.6 is 11.3 Å². The van der Waals surface area contributed by atoms with E-state index in [0.29, 0.717) is 18.0 Å². The molecule has 0 radical (unpaired) electrons. The molecule has 0 fully saturated rings. The molecule has 6 nitrogen and oxygen atoms in total. The highest BCUT2D eigenvalue weighted by molar-refractivity contribution is 7.92. The quantitative estimate of drug-likeness (QED) is 0.754. The Morgan fingerprint density at radius 3 is 2.64 bits per heavy atom. The van der Waals surface area contributed by atoms with Crippen LogP contribution in [0.2, 0.25) is 0 Å². The van der Waals surface area contributed by atoms with Gasteiger partial charge in [-0.1, -0.05) is 18.2 Å². The van der Waals surface area contributed by atoms with E-state index in [2.05, 4.69) is 10.0 Å². The smallest absolute Gasteiger partial charge is 0.263 e. The van der Waals surface area contributed by atoms with Crippen LogP contribution in [0.15, 0.2) is 46.7 Å². The Balaban J connectivity index is 2.15. The standard InChI is InChI=1S/C14H16N2O4S2/c1-20-9-8-15-14(17)13-12(7-10-21-13)16-22(18,19)11-5-3-2-4-6-11/h2-7,10,16H,8-9H2,1H3,(H,15,17). The van der Waals surface area contributed by atoms with Gasteiger partial charge in [0.1, 0.15) is 4.88 Å². The molecule has 1 amide bonds. The maximum absolute atomic E-state index is 12.3. The molecule has 0 aliphatic carbocycles. The van der Waals surface area contributed by atoms with Gasteiger partial charge in [0.25, 0.3) is 15.9 Å². The van der Waals surface area contributed by atoms with E-state index in [4.69, 9.17) is 4.74 Å². The first-order valence-corrected chi connectivity index (χ1v) is 8.83. The van der Waals surface area contributed by atoms with Crippen LogP contribution < -0.4 is 10.0 Å². The third-order valence-electron chi connectivity index (χ3n) is 2.76. The lowest BCUT2D eigenvalue weighted by molar-refractivity contribution is 0.0942. The molecule has 2 aromatic rings. The normalized spacial score (nSPS) is 11.1. The summed E-state index contributed by atoms with van der Waals surface area (Å²) in [5.74, 6) is -0.335. The first kappa shape index (κ1) is 16.5. The molecule has 0 aliphatic heterocycles. The van der Waals surface area contributed by atoms with E-state index in [9.17, 15) is 13.2 Å². The van der Waals surface area contributed by atoms with Gasteiger partial charge in [-0.3, -0.25) is 9.52 Å². The molecule has 0 spiro atoms. The number of rotatable bonds is 7. The number of sulfonamides is 1. The summed E-state index contributed by atoms with van der Waals surface area (Å²) in [4.78, 5) is 12.5. The lowest BCUT2D eigenvalue weighted by atomic mass is 10.4. The van der Waals surface area contributed by atoms with Gasteiger partial charge in [-0.15, -0.1) is 11.3 Å². The van der Waals surface area contributed by atoms with Crippen LogP contribution in [0.4, 0.5) is 5.69 Å². The second kappa shape index (κ2) is 7.39. The van der Waals surface area contributed by atoms with Crippen molar-refractivity contribution in [3.63, 3.8) is 0 Å². The van der Waals surface area contributed by atoms with Crippen LogP contribution in [0.25, 0.3) is 0 Å². The third-order valence-corrected chi connectivity index (χ3v) is 5.06. The van der Waals surface area contributed by atoms with Crippen molar-refractivity contribution in [2.45, 2.75) is 4.90 Å². The molecule has 1 aromatic carbocycles. The van der Waals surface area contributed by atoms with E-state index >= 15 is 0 Å². The fourth-order valence-electron chi connectivity index (χ4n) is 1.72. The van der Waals surface area contributed by atoms with Gasteiger partial charge in [-0.05, 0) is 23.6 Å². The van der Waals surface area contributed by atoms with Gasteiger partial charge in [-0.2, -0.15) is 0 Å². The number of carbonyl (C=O) groups excluding carboxylic acids is 1. The van der Waals surface area contributed by atoms with Gasteiger partial charge in [0.2, 0.25) is 0 Å².